The summed E-state index contributed by atoms with van der Waals surface area (Å²) in [5.74, 6) is -1.39. The fourth-order valence-electron chi connectivity index (χ4n) is 2.59. The number of ether oxygens (including phenoxy) is 5. The Bertz CT molecular complexity index is 475. The molecular formula is C16H27NO8. The zero-order chi connectivity index (χ0) is 18.9. The number of carbonyl (C=O) groups is 1. The molecule has 1 aliphatic rings. The maximum absolute atomic E-state index is 11.9. The van der Waals surface area contributed by atoms with Gasteiger partial charge in [-0.1, -0.05) is 13.8 Å². The quantitative estimate of drug-likeness (QED) is 0.137. The minimum Gasteiger partial charge on any atom is -0.466 e. The number of hydrogen-bond donors (Lipinski definition) is 0. The number of hydrogen-bond acceptors (Lipinski definition) is 8. The van der Waals surface area contributed by atoms with Crippen LogP contribution in [0.15, 0.2) is 11.6 Å². The van der Waals surface area contributed by atoms with Gasteiger partial charge in [-0.05, 0) is 18.9 Å². The summed E-state index contributed by atoms with van der Waals surface area (Å²) in [7, 11) is 2.74. The number of nitrogens with zero attached hydrogens (tertiary/aromatic N) is 1. The van der Waals surface area contributed by atoms with Crippen LogP contribution in [0, 0.1) is 10.1 Å². The van der Waals surface area contributed by atoms with Crippen molar-refractivity contribution in [2.45, 2.75) is 51.1 Å². The minimum atomic E-state index is -0.771. The lowest BCUT2D eigenvalue weighted by molar-refractivity contribution is -0.479. The fourth-order valence-corrected chi connectivity index (χ4v) is 2.59. The normalized spacial score (nSPS) is 22.8. The van der Waals surface area contributed by atoms with Gasteiger partial charge in [0, 0.05) is 24.0 Å². The molecule has 0 saturated carbocycles. The Morgan fingerprint density at radius 3 is 2.48 bits per heavy atom. The van der Waals surface area contributed by atoms with Crippen molar-refractivity contribution < 1.29 is 33.4 Å². The lowest BCUT2D eigenvalue weighted by Crippen LogP contribution is -2.30. The lowest BCUT2D eigenvalue weighted by atomic mass is 10.1. The molecule has 1 saturated heterocycles. The molecular weight excluding hydrogens is 334 g/mol. The molecule has 144 valence electrons. The molecule has 0 N–H and O–H groups in total. The first-order valence-electron chi connectivity index (χ1n) is 8.24. The van der Waals surface area contributed by atoms with Crippen molar-refractivity contribution in [1.29, 1.82) is 0 Å². The summed E-state index contributed by atoms with van der Waals surface area (Å²) in [5, 5.41) is 10.6. The van der Waals surface area contributed by atoms with Crippen LogP contribution >= 0.6 is 0 Å². The van der Waals surface area contributed by atoms with Crippen LogP contribution in [0.4, 0.5) is 0 Å². The average Bonchev–Trinajstić information content (AvgIpc) is 2.96. The summed E-state index contributed by atoms with van der Waals surface area (Å²) in [6.45, 7) is 3.83. The maximum Gasteiger partial charge on any atom is 0.333 e. The van der Waals surface area contributed by atoms with Crippen molar-refractivity contribution in [1.82, 2.24) is 0 Å². The van der Waals surface area contributed by atoms with Crippen LogP contribution in [-0.2, 0) is 28.5 Å². The second-order valence-electron chi connectivity index (χ2n) is 5.62. The summed E-state index contributed by atoms with van der Waals surface area (Å²) in [6, 6.07) is 0. The number of nitro groups is 1. The molecule has 1 rings (SSSR count). The summed E-state index contributed by atoms with van der Waals surface area (Å²) in [4.78, 5) is 22.1. The van der Waals surface area contributed by atoms with E-state index < -0.39 is 28.9 Å². The van der Waals surface area contributed by atoms with Crippen molar-refractivity contribution in [3.63, 3.8) is 0 Å². The molecule has 2 atom stereocenters. The molecule has 1 fully saturated rings. The first-order valence-corrected chi connectivity index (χ1v) is 8.24. The second-order valence-corrected chi connectivity index (χ2v) is 5.62. The van der Waals surface area contributed by atoms with Gasteiger partial charge >= 0.3 is 5.97 Å². The molecule has 0 aromatic rings. The number of carbonyl (C=O) groups excluding carboxylic acids is 1. The molecule has 0 amide bonds. The van der Waals surface area contributed by atoms with Crippen molar-refractivity contribution >= 4 is 5.97 Å². The Morgan fingerprint density at radius 2 is 1.96 bits per heavy atom. The van der Waals surface area contributed by atoms with Crippen LogP contribution in [0.1, 0.15) is 33.1 Å². The highest BCUT2D eigenvalue weighted by Gasteiger charge is 2.45. The highest BCUT2D eigenvalue weighted by Crippen LogP contribution is 2.35. The Labute approximate surface area is 147 Å². The Kier molecular flexibility index (Phi) is 8.98. The highest BCUT2D eigenvalue weighted by molar-refractivity contribution is 5.88. The van der Waals surface area contributed by atoms with Crippen LogP contribution in [-0.4, -0.2) is 63.1 Å². The number of methoxy groups -OCH3 is 2. The van der Waals surface area contributed by atoms with Gasteiger partial charge in [-0.25, -0.2) is 4.79 Å². The van der Waals surface area contributed by atoms with Crippen LogP contribution < -0.4 is 0 Å². The monoisotopic (exact) mass is 361 g/mol. The third kappa shape index (κ3) is 6.35. The molecule has 0 spiro atoms. The smallest absolute Gasteiger partial charge is 0.333 e. The lowest BCUT2D eigenvalue weighted by Gasteiger charge is -2.25. The number of rotatable bonds is 11. The molecule has 2 unspecified atom stereocenters. The first-order chi connectivity index (χ1) is 11.9. The minimum absolute atomic E-state index is 0.0452. The van der Waals surface area contributed by atoms with E-state index in [0.29, 0.717) is 12.8 Å². The predicted molar refractivity (Wildman–Crippen MR) is 87.5 cm³/mol. The molecule has 1 aliphatic heterocycles. The zero-order valence-electron chi connectivity index (χ0n) is 15.2. The van der Waals surface area contributed by atoms with Crippen LogP contribution in [0.5, 0.6) is 0 Å². The van der Waals surface area contributed by atoms with Crippen LogP contribution in [0.3, 0.4) is 0 Å². The molecule has 9 nitrogen and oxygen atoms in total. The van der Waals surface area contributed by atoms with Gasteiger partial charge in [0.1, 0.15) is 19.0 Å². The molecule has 0 aromatic carbocycles. The van der Waals surface area contributed by atoms with E-state index in [2.05, 4.69) is 0 Å². The average molecular weight is 361 g/mol. The van der Waals surface area contributed by atoms with Gasteiger partial charge < -0.3 is 23.7 Å². The Hall–Kier alpha value is -1.55. The van der Waals surface area contributed by atoms with Crippen molar-refractivity contribution in [3.8, 4) is 0 Å². The molecule has 25 heavy (non-hydrogen) atoms. The molecule has 9 heteroatoms. The molecule has 0 radical (unpaired) electrons. The van der Waals surface area contributed by atoms with E-state index in [0.717, 1.165) is 0 Å². The maximum atomic E-state index is 11.9. The predicted octanol–water partition coefficient (Wildman–Crippen LogP) is 1.67. The van der Waals surface area contributed by atoms with Gasteiger partial charge in [0.15, 0.2) is 5.79 Å². The Balaban J connectivity index is 2.98. The van der Waals surface area contributed by atoms with E-state index in [4.69, 9.17) is 23.7 Å². The van der Waals surface area contributed by atoms with Gasteiger partial charge in [-0.2, -0.15) is 0 Å². The van der Waals surface area contributed by atoms with E-state index in [-0.39, 0.29) is 31.9 Å². The van der Waals surface area contributed by atoms with Crippen LogP contribution in [0.2, 0.25) is 0 Å². The van der Waals surface area contributed by atoms with Gasteiger partial charge in [-0.3, -0.25) is 10.1 Å². The van der Waals surface area contributed by atoms with Crippen molar-refractivity contribution in [3.05, 3.63) is 21.8 Å². The van der Waals surface area contributed by atoms with E-state index in [1.165, 1.54) is 14.2 Å². The van der Waals surface area contributed by atoms with Gasteiger partial charge in [-0.15, -0.1) is 0 Å². The SMILES string of the molecule is CCC1(CC)OC(C=C(CC[N+](=O)[O-])C(=O)OC)C(COCOC)O1. The Morgan fingerprint density at radius 1 is 1.28 bits per heavy atom. The second kappa shape index (κ2) is 10.4. The van der Waals surface area contributed by atoms with Gasteiger partial charge in [0.2, 0.25) is 6.54 Å². The zero-order valence-corrected chi connectivity index (χ0v) is 15.2. The van der Waals surface area contributed by atoms with Crippen LogP contribution in [0.25, 0.3) is 0 Å². The van der Waals surface area contributed by atoms with E-state index in [1.807, 2.05) is 13.8 Å². The van der Waals surface area contributed by atoms with Gasteiger partial charge in [0.25, 0.3) is 0 Å². The third-order valence-electron chi connectivity index (χ3n) is 4.02. The van der Waals surface area contributed by atoms with Gasteiger partial charge in [0.05, 0.1) is 13.7 Å². The molecule has 0 aliphatic carbocycles. The topological polar surface area (TPSA) is 106 Å². The molecule has 0 aromatic heterocycles. The molecule has 0 bridgehead atoms. The summed E-state index contributed by atoms with van der Waals surface area (Å²) in [6.07, 6.45) is 1.72. The third-order valence-corrected chi connectivity index (χ3v) is 4.02. The van der Waals surface area contributed by atoms with E-state index >= 15 is 0 Å². The van der Waals surface area contributed by atoms with E-state index in [1.54, 1.807) is 6.08 Å². The summed E-state index contributed by atoms with van der Waals surface area (Å²) >= 11 is 0. The summed E-state index contributed by atoms with van der Waals surface area (Å²) in [5.41, 5.74) is 0.188. The van der Waals surface area contributed by atoms with Crippen molar-refractivity contribution in [2.75, 3.05) is 34.2 Å². The largest absolute Gasteiger partial charge is 0.466 e. The summed E-state index contributed by atoms with van der Waals surface area (Å²) < 4.78 is 27.0. The highest BCUT2D eigenvalue weighted by atomic mass is 16.8. The standard InChI is InChI=1S/C16H27NO8/c1-5-16(6-2)24-13(14(25-16)10-23-11-21-3)9-12(15(18)22-4)7-8-17(19)20/h9,13-14H,5-8,10-11H2,1-4H3. The molecule has 1 heterocycles. The van der Waals surface area contributed by atoms with Crippen molar-refractivity contribution in [2.24, 2.45) is 0 Å². The van der Waals surface area contributed by atoms with E-state index in [9.17, 15) is 14.9 Å². The first kappa shape index (κ1) is 21.5. The number of esters is 1. The fraction of sp³-hybridized carbons (Fsp3) is 0.812.